The Bertz CT molecular complexity index is 543. The quantitative estimate of drug-likeness (QED) is 0.826. The molecule has 1 aromatic heterocycles. The van der Waals surface area contributed by atoms with Crippen LogP contribution in [0.15, 0.2) is 48.7 Å². The topological polar surface area (TPSA) is 46.2 Å². The number of thiocarbonyl (C=S) groups is 1. The van der Waals surface area contributed by atoms with Crippen molar-refractivity contribution in [1.29, 1.82) is 0 Å². The van der Waals surface area contributed by atoms with Gasteiger partial charge in [-0.1, -0.05) is 18.2 Å². The Hall–Kier alpha value is -2.14. The summed E-state index contributed by atoms with van der Waals surface area (Å²) in [6, 6.07) is 13.7. The summed E-state index contributed by atoms with van der Waals surface area (Å²) < 4.78 is 5.12. The summed E-state index contributed by atoms with van der Waals surface area (Å²) in [5, 5.41) is 6.90. The van der Waals surface area contributed by atoms with Crippen LogP contribution in [0, 0.1) is 0 Å². The minimum Gasteiger partial charge on any atom is -0.497 e. The van der Waals surface area contributed by atoms with Gasteiger partial charge in [0.25, 0.3) is 0 Å². The summed E-state index contributed by atoms with van der Waals surface area (Å²) in [7, 11) is 1.66. The predicted octanol–water partition coefficient (Wildman–Crippen LogP) is 2.25. The van der Waals surface area contributed by atoms with Crippen molar-refractivity contribution in [3.63, 3.8) is 0 Å². The largest absolute Gasteiger partial charge is 0.497 e. The van der Waals surface area contributed by atoms with Crippen molar-refractivity contribution in [3.8, 4) is 5.75 Å². The van der Waals surface area contributed by atoms with Crippen LogP contribution in [0.1, 0.15) is 11.3 Å². The summed E-state index contributed by atoms with van der Waals surface area (Å²) in [4.78, 5) is 4.22. The van der Waals surface area contributed by atoms with Crippen LogP contribution in [0.3, 0.4) is 0 Å². The van der Waals surface area contributed by atoms with E-state index in [-0.39, 0.29) is 0 Å². The maximum atomic E-state index is 5.23. The van der Waals surface area contributed by atoms with Crippen molar-refractivity contribution in [3.05, 3.63) is 59.9 Å². The van der Waals surface area contributed by atoms with Gasteiger partial charge in [0.2, 0.25) is 0 Å². The first-order chi connectivity index (χ1) is 9.78. The predicted molar refractivity (Wildman–Crippen MR) is 83.5 cm³/mol. The lowest BCUT2D eigenvalue weighted by Gasteiger charge is -2.10. The van der Waals surface area contributed by atoms with E-state index in [1.807, 2.05) is 42.5 Å². The van der Waals surface area contributed by atoms with Crippen LogP contribution in [0.2, 0.25) is 0 Å². The molecule has 1 heterocycles. The lowest BCUT2D eigenvalue weighted by atomic mass is 10.2. The average Bonchev–Trinajstić information content (AvgIpc) is 2.52. The number of methoxy groups -OCH3 is 1. The summed E-state index contributed by atoms with van der Waals surface area (Å²) in [6.07, 6.45) is 1.77. The molecule has 0 radical (unpaired) electrons. The summed E-state index contributed by atoms with van der Waals surface area (Å²) in [5.74, 6) is 0.851. The van der Waals surface area contributed by atoms with E-state index in [0.29, 0.717) is 18.2 Å². The normalized spacial score (nSPS) is 9.85. The molecule has 0 aliphatic heterocycles. The molecule has 1 aromatic carbocycles. The third kappa shape index (κ3) is 4.51. The number of ether oxygens (including phenoxy) is 1. The smallest absolute Gasteiger partial charge is 0.166 e. The summed E-state index contributed by atoms with van der Waals surface area (Å²) in [5.41, 5.74) is 2.11. The van der Waals surface area contributed by atoms with E-state index in [4.69, 9.17) is 17.0 Å². The zero-order valence-corrected chi connectivity index (χ0v) is 12.1. The van der Waals surface area contributed by atoms with Crippen LogP contribution in [-0.2, 0) is 13.1 Å². The molecule has 0 spiro atoms. The highest BCUT2D eigenvalue weighted by Gasteiger charge is 1.98. The van der Waals surface area contributed by atoms with E-state index in [1.54, 1.807) is 13.3 Å². The van der Waals surface area contributed by atoms with Crippen LogP contribution >= 0.6 is 12.2 Å². The highest BCUT2D eigenvalue weighted by Crippen LogP contribution is 2.10. The lowest BCUT2D eigenvalue weighted by Crippen LogP contribution is -2.34. The maximum absolute atomic E-state index is 5.23. The average molecular weight is 287 g/mol. The van der Waals surface area contributed by atoms with E-state index < -0.39 is 0 Å². The first-order valence-electron chi connectivity index (χ1n) is 6.32. The number of hydrogen-bond acceptors (Lipinski definition) is 3. The number of nitrogens with one attached hydrogen (secondary N) is 2. The van der Waals surface area contributed by atoms with Crippen LogP contribution in [0.5, 0.6) is 5.75 Å². The molecule has 0 atom stereocenters. The Morgan fingerprint density at radius 2 is 1.85 bits per heavy atom. The minimum absolute atomic E-state index is 0.617. The van der Waals surface area contributed by atoms with Gasteiger partial charge < -0.3 is 15.4 Å². The number of nitrogens with zero attached hydrogens (tertiary/aromatic N) is 1. The molecule has 0 aliphatic rings. The van der Waals surface area contributed by atoms with Gasteiger partial charge in [-0.15, -0.1) is 0 Å². The van der Waals surface area contributed by atoms with E-state index in [9.17, 15) is 0 Å². The fourth-order valence-corrected chi connectivity index (χ4v) is 1.81. The zero-order chi connectivity index (χ0) is 14.2. The number of aromatic nitrogens is 1. The molecule has 0 aliphatic carbocycles. The van der Waals surface area contributed by atoms with Crippen molar-refractivity contribution in [1.82, 2.24) is 15.6 Å². The van der Waals surface area contributed by atoms with Gasteiger partial charge in [-0.25, -0.2) is 0 Å². The third-order valence-corrected chi connectivity index (χ3v) is 3.06. The van der Waals surface area contributed by atoms with Crippen LogP contribution in [0.4, 0.5) is 0 Å². The monoisotopic (exact) mass is 287 g/mol. The lowest BCUT2D eigenvalue weighted by molar-refractivity contribution is 0.414. The highest BCUT2D eigenvalue weighted by atomic mass is 32.1. The molecule has 0 unspecified atom stereocenters. The van der Waals surface area contributed by atoms with Crippen molar-refractivity contribution in [2.45, 2.75) is 13.1 Å². The van der Waals surface area contributed by atoms with Crippen molar-refractivity contribution in [2.75, 3.05) is 7.11 Å². The van der Waals surface area contributed by atoms with Crippen LogP contribution in [-0.4, -0.2) is 17.2 Å². The van der Waals surface area contributed by atoms with Gasteiger partial charge in [0.05, 0.1) is 19.3 Å². The SMILES string of the molecule is COc1ccc(CNC(=S)NCc2ccccn2)cc1. The molecular formula is C15H17N3OS. The van der Waals surface area contributed by atoms with Crippen LogP contribution in [0.25, 0.3) is 0 Å². The highest BCUT2D eigenvalue weighted by molar-refractivity contribution is 7.80. The van der Waals surface area contributed by atoms with E-state index >= 15 is 0 Å². The zero-order valence-electron chi connectivity index (χ0n) is 11.3. The van der Waals surface area contributed by atoms with E-state index in [2.05, 4.69) is 15.6 Å². The van der Waals surface area contributed by atoms with Gasteiger partial charge in [-0.2, -0.15) is 0 Å². The molecule has 5 heteroatoms. The minimum atomic E-state index is 0.617. The Kier molecular flexibility index (Phi) is 5.32. The molecule has 2 aromatic rings. The van der Waals surface area contributed by atoms with Gasteiger partial charge in [-0.05, 0) is 42.0 Å². The van der Waals surface area contributed by atoms with Gasteiger partial charge in [0.1, 0.15) is 5.75 Å². The van der Waals surface area contributed by atoms with E-state index in [0.717, 1.165) is 17.0 Å². The maximum Gasteiger partial charge on any atom is 0.166 e. The Balaban J connectivity index is 1.74. The number of benzene rings is 1. The Morgan fingerprint density at radius 1 is 1.10 bits per heavy atom. The molecule has 104 valence electrons. The standard InChI is InChI=1S/C15H17N3OS/c1-19-14-7-5-12(6-8-14)10-17-15(20)18-11-13-4-2-3-9-16-13/h2-9H,10-11H2,1H3,(H2,17,18,20). The van der Waals surface area contributed by atoms with Gasteiger partial charge in [0.15, 0.2) is 5.11 Å². The number of rotatable bonds is 5. The second-order valence-corrected chi connectivity index (χ2v) is 4.61. The molecule has 0 amide bonds. The fourth-order valence-electron chi connectivity index (χ4n) is 1.66. The van der Waals surface area contributed by atoms with Gasteiger partial charge in [-0.3, -0.25) is 4.98 Å². The molecule has 2 rings (SSSR count). The summed E-state index contributed by atoms with van der Waals surface area (Å²) >= 11 is 5.23. The van der Waals surface area contributed by atoms with Crippen molar-refractivity contribution in [2.24, 2.45) is 0 Å². The number of hydrogen-bond donors (Lipinski definition) is 2. The second kappa shape index (κ2) is 7.45. The first kappa shape index (κ1) is 14.3. The van der Waals surface area contributed by atoms with Gasteiger partial charge >= 0.3 is 0 Å². The second-order valence-electron chi connectivity index (χ2n) is 4.21. The van der Waals surface area contributed by atoms with E-state index in [1.165, 1.54) is 0 Å². The van der Waals surface area contributed by atoms with Crippen LogP contribution < -0.4 is 15.4 Å². The third-order valence-electron chi connectivity index (χ3n) is 2.77. The first-order valence-corrected chi connectivity index (χ1v) is 6.73. The molecule has 4 nitrogen and oxygen atoms in total. The molecule has 0 fully saturated rings. The summed E-state index contributed by atoms with van der Waals surface area (Å²) in [6.45, 7) is 1.30. The molecule has 0 saturated carbocycles. The van der Waals surface area contributed by atoms with Crippen molar-refractivity contribution < 1.29 is 4.74 Å². The Labute approximate surface area is 124 Å². The fraction of sp³-hybridized carbons (Fsp3) is 0.200. The molecule has 0 saturated heterocycles. The van der Waals surface area contributed by atoms with Crippen molar-refractivity contribution >= 4 is 17.3 Å². The Morgan fingerprint density at radius 3 is 2.50 bits per heavy atom. The van der Waals surface area contributed by atoms with Gasteiger partial charge in [0, 0.05) is 12.7 Å². The number of pyridine rings is 1. The molecular weight excluding hydrogens is 270 g/mol. The molecule has 20 heavy (non-hydrogen) atoms. The molecule has 0 bridgehead atoms. The molecule has 2 N–H and O–H groups in total.